The molecular formula is C13H14N2O2S. The first kappa shape index (κ1) is 11.6. The summed E-state index contributed by atoms with van der Waals surface area (Å²) in [6.07, 6.45) is 0.469. The fourth-order valence-corrected chi connectivity index (χ4v) is 3.22. The molecule has 0 N–H and O–H groups in total. The minimum atomic E-state index is -0.0414. The maximum atomic E-state index is 12.0. The molecule has 0 spiro atoms. The third kappa shape index (κ3) is 1.99. The van der Waals surface area contributed by atoms with Crippen LogP contribution in [0.1, 0.15) is 18.0 Å². The number of ether oxygens (including phenoxy) is 1. The summed E-state index contributed by atoms with van der Waals surface area (Å²) in [6.45, 7) is 0.803. The van der Waals surface area contributed by atoms with Crippen molar-refractivity contribution in [1.82, 2.24) is 4.90 Å². The summed E-state index contributed by atoms with van der Waals surface area (Å²) < 4.78 is 5.13. The molecule has 18 heavy (non-hydrogen) atoms. The molecule has 0 aliphatic carbocycles. The van der Waals surface area contributed by atoms with Gasteiger partial charge in [-0.05, 0) is 17.7 Å². The monoisotopic (exact) mass is 262 g/mol. The van der Waals surface area contributed by atoms with Crippen LogP contribution in [0.3, 0.4) is 0 Å². The van der Waals surface area contributed by atoms with Gasteiger partial charge >= 0.3 is 0 Å². The first-order valence-electron chi connectivity index (χ1n) is 5.93. The number of benzene rings is 1. The van der Waals surface area contributed by atoms with Crippen molar-refractivity contribution in [2.45, 2.75) is 12.5 Å². The zero-order valence-electron chi connectivity index (χ0n) is 10.1. The molecule has 2 heterocycles. The number of methoxy groups -OCH3 is 1. The lowest BCUT2D eigenvalue weighted by Gasteiger charge is -2.25. The maximum Gasteiger partial charge on any atom is 0.231 e. The molecule has 1 fully saturated rings. The van der Waals surface area contributed by atoms with Crippen LogP contribution in [0, 0.1) is 0 Å². The highest BCUT2D eigenvalue weighted by Gasteiger charge is 2.33. The van der Waals surface area contributed by atoms with Crippen molar-refractivity contribution in [3.8, 4) is 5.75 Å². The smallest absolute Gasteiger partial charge is 0.231 e. The Morgan fingerprint density at radius 1 is 1.39 bits per heavy atom. The van der Waals surface area contributed by atoms with E-state index in [1.54, 1.807) is 23.8 Å². The second-order valence-corrected chi connectivity index (χ2v) is 5.36. The van der Waals surface area contributed by atoms with Crippen molar-refractivity contribution < 1.29 is 9.53 Å². The number of hydrogen-bond acceptors (Lipinski definition) is 4. The highest BCUT2D eigenvalue weighted by molar-refractivity contribution is 8.14. The average molecular weight is 262 g/mol. The molecule has 0 bridgehead atoms. The van der Waals surface area contributed by atoms with Crippen LogP contribution in [0.5, 0.6) is 5.75 Å². The van der Waals surface area contributed by atoms with Crippen LogP contribution in [0.4, 0.5) is 0 Å². The summed E-state index contributed by atoms with van der Waals surface area (Å²) in [5.74, 6) is 1.97. The van der Waals surface area contributed by atoms with Crippen LogP contribution in [-0.4, -0.2) is 35.4 Å². The molecule has 94 valence electrons. The van der Waals surface area contributed by atoms with E-state index in [1.165, 1.54) is 0 Å². The van der Waals surface area contributed by atoms with Crippen molar-refractivity contribution in [1.29, 1.82) is 0 Å². The van der Waals surface area contributed by atoms with E-state index in [2.05, 4.69) is 4.99 Å². The van der Waals surface area contributed by atoms with Gasteiger partial charge in [-0.1, -0.05) is 23.9 Å². The molecular weight excluding hydrogens is 248 g/mol. The Morgan fingerprint density at radius 3 is 2.89 bits per heavy atom. The molecule has 1 aromatic rings. The highest BCUT2D eigenvalue weighted by Crippen LogP contribution is 2.32. The van der Waals surface area contributed by atoms with E-state index < -0.39 is 0 Å². The molecule has 1 saturated heterocycles. The molecule has 0 aromatic heterocycles. The predicted molar refractivity (Wildman–Crippen MR) is 72.0 cm³/mol. The Bertz CT molecular complexity index is 498. The Hall–Kier alpha value is -1.49. The normalized spacial score (nSPS) is 22.7. The van der Waals surface area contributed by atoms with Crippen LogP contribution in [0.2, 0.25) is 0 Å². The third-order valence-corrected chi connectivity index (χ3v) is 4.18. The minimum Gasteiger partial charge on any atom is -0.497 e. The fraction of sp³-hybridized carbons (Fsp3) is 0.385. The van der Waals surface area contributed by atoms with Gasteiger partial charge in [-0.25, -0.2) is 0 Å². The van der Waals surface area contributed by atoms with Crippen LogP contribution in [0.15, 0.2) is 29.3 Å². The van der Waals surface area contributed by atoms with E-state index in [0.717, 1.165) is 28.8 Å². The first-order valence-corrected chi connectivity index (χ1v) is 6.91. The Labute approximate surface area is 110 Å². The number of carbonyl (C=O) groups excluding carboxylic acids is 1. The number of fused-ring (bicyclic) bond motifs is 1. The predicted octanol–water partition coefficient (Wildman–Crippen LogP) is 2.07. The lowest BCUT2D eigenvalue weighted by atomic mass is 10.0. The molecule has 1 atom stereocenters. The number of rotatable bonds is 2. The Kier molecular flexibility index (Phi) is 2.99. The summed E-state index contributed by atoms with van der Waals surface area (Å²) in [5.41, 5.74) is 1.07. The molecule has 2 aliphatic rings. The number of carbonyl (C=O) groups is 1. The van der Waals surface area contributed by atoms with Gasteiger partial charge in [-0.15, -0.1) is 0 Å². The lowest BCUT2D eigenvalue weighted by molar-refractivity contribution is -0.127. The molecule has 5 heteroatoms. The van der Waals surface area contributed by atoms with Gasteiger partial charge in [0.15, 0.2) is 5.17 Å². The summed E-state index contributed by atoms with van der Waals surface area (Å²) in [6, 6.07) is 7.74. The van der Waals surface area contributed by atoms with Crippen LogP contribution in [0.25, 0.3) is 0 Å². The lowest BCUT2D eigenvalue weighted by Crippen LogP contribution is -2.36. The molecule has 0 unspecified atom stereocenters. The SMILES string of the molecule is COc1ccc([C@@H]2CC(=O)N3CCSC3=N2)cc1. The van der Waals surface area contributed by atoms with Gasteiger partial charge in [-0.2, -0.15) is 0 Å². The van der Waals surface area contributed by atoms with Crippen LogP contribution < -0.4 is 4.74 Å². The van der Waals surface area contributed by atoms with E-state index in [4.69, 9.17) is 4.74 Å². The van der Waals surface area contributed by atoms with Gasteiger partial charge < -0.3 is 4.74 Å². The fourth-order valence-electron chi connectivity index (χ4n) is 2.21. The highest BCUT2D eigenvalue weighted by atomic mass is 32.2. The number of aliphatic imine (C=N–C) groups is 1. The van der Waals surface area contributed by atoms with Crippen molar-refractivity contribution in [3.63, 3.8) is 0 Å². The zero-order valence-corrected chi connectivity index (χ0v) is 10.9. The van der Waals surface area contributed by atoms with Gasteiger partial charge in [0.2, 0.25) is 5.91 Å². The molecule has 0 saturated carbocycles. The Balaban J connectivity index is 1.88. The van der Waals surface area contributed by atoms with Crippen molar-refractivity contribution >= 4 is 22.8 Å². The Morgan fingerprint density at radius 2 is 2.17 bits per heavy atom. The van der Waals surface area contributed by atoms with Crippen molar-refractivity contribution in [3.05, 3.63) is 29.8 Å². The second-order valence-electron chi connectivity index (χ2n) is 4.30. The van der Waals surface area contributed by atoms with E-state index in [9.17, 15) is 4.79 Å². The van der Waals surface area contributed by atoms with Crippen molar-refractivity contribution in [2.75, 3.05) is 19.4 Å². The van der Waals surface area contributed by atoms with E-state index in [1.807, 2.05) is 24.3 Å². The van der Waals surface area contributed by atoms with Gasteiger partial charge in [0.1, 0.15) is 5.75 Å². The molecule has 1 aromatic carbocycles. The quantitative estimate of drug-likeness (QED) is 0.819. The topological polar surface area (TPSA) is 41.9 Å². The van der Waals surface area contributed by atoms with E-state index in [0.29, 0.717) is 6.42 Å². The largest absolute Gasteiger partial charge is 0.497 e. The number of hydrogen-bond donors (Lipinski definition) is 0. The van der Waals surface area contributed by atoms with Gasteiger partial charge in [0.05, 0.1) is 19.6 Å². The molecule has 4 nitrogen and oxygen atoms in total. The second kappa shape index (κ2) is 4.65. The first-order chi connectivity index (χ1) is 8.78. The van der Waals surface area contributed by atoms with E-state index >= 15 is 0 Å². The summed E-state index contributed by atoms with van der Waals surface area (Å²) in [4.78, 5) is 18.4. The minimum absolute atomic E-state index is 0.0414. The zero-order chi connectivity index (χ0) is 12.5. The number of thioether (sulfide) groups is 1. The summed E-state index contributed by atoms with van der Waals surface area (Å²) >= 11 is 1.67. The van der Waals surface area contributed by atoms with Gasteiger partial charge in [-0.3, -0.25) is 14.7 Å². The number of amides is 1. The summed E-state index contributed by atoms with van der Waals surface area (Å²) in [5, 5.41) is 0.882. The molecule has 2 aliphatic heterocycles. The third-order valence-electron chi connectivity index (χ3n) is 3.21. The number of nitrogens with zero attached hydrogens (tertiary/aromatic N) is 2. The molecule has 0 radical (unpaired) electrons. The van der Waals surface area contributed by atoms with Crippen molar-refractivity contribution in [2.24, 2.45) is 4.99 Å². The summed E-state index contributed by atoms with van der Waals surface area (Å²) in [7, 11) is 1.65. The number of amidine groups is 1. The van der Waals surface area contributed by atoms with Gasteiger partial charge in [0, 0.05) is 12.3 Å². The van der Waals surface area contributed by atoms with Crippen LogP contribution in [-0.2, 0) is 4.79 Å². The maximum absolute atomic E-state index is 12.0. The van der Waals surface area contributed by atoms with Gasteiger partial charge in [0.25, 0.3) is 0 Å². The van der Waals surface area contributed by atoms with E-state index in [-0.39, 0.29) is 11.9 Å². The average Bonchev–Trinajstić information content (AvgIpc) is 2.88. The van der Waals surface area contributed by atoms with Crippen LogP contribution >= 0.6 is 11.8 Å². The molecule has 1 amide bonds. The molecule has 3 rings (SSSR count). The standard InChI is InChI=1S/C13H14N2O2S/c1-17-10-4-2-9(3-5-10)11-8-12(16)15-6-7-18-13(15)14-11/h2-5,11H,6-8H2,1H3/t11-/m0/s1.